The molecule has 0 saturated heterocycles. The number of hydrogen-bond donors (Lipinski definition) is 0. The highest BCUT2D eigenvalue weighted by Gasteiger charge is 2.36. The Morgan fingerprint density at radius 2 is 0.863 bits per heavy atom. The lowest BCUT2D eigenvalue weighted by molar-refractivity contribution is 0.661. The van der Waals surface area contributed by atoms with Gasteiger partial charge in [0.2, 0.25) is 0 Å². The molecule has 0 radical (unpaired) electrons. The van der Waals surface area contributed by atoms with Crippen LogP contribution in [0.25, 0.3) is 143 Å². The maximum absolute atomic E-state index is 6.67. The van der Waals surface area contributed by atoms with Gasteiger partial charge in [-0.3, -0.25) is 0 Å². The highest BCUT2D eigenvalue weighted by Crippen LogP contribution is 2.52. The van der Waals surface area contributed by atoms with Gasteiger partial charge in [0.1, 0.15) is 22.3 Å². The molecular weight excluding hydrogens is 889 g/mol. The van der Waals surface area contributed by atoms with Crippen molar-refractivity contribution in [3.05, 3.63) is 242 Å². The molecular formula is C69H44N2O2. The van der Waals surface area contributed by atoms with Gasteiger partial charge in [0, 0.05) is 65.4 Å². The van der Waals surface area contributed by atoms with Crippen molar-refractivity contribution in [1.29, 1.82) is 0 Å². The van der Waals surface area contributed by atoms with Crippen LogP contribution in [0.15, 0.2) is 239 Å². The lowest BCUT2D eigenvalue weighted by atomic mass is 9.82. The molecule has 0 atom stereocenters. The van der Waals surface area contributed by atoms with E-state index in [1.54, 1.807) is 0 Å². The summed E-state index contributed by atoms with van der Waals surface area (Å²) in [5.41, 5.74) is 22.7. The van der Waals surface area contributed by atoms with Crippen LogP contribution in [0.2, 0.25) is 0 Å². The second-order valence-corrected chi connectivity index (χ2v) is 20.4. The molecule has 0 bridgehead atoms. The Hall–Kier alpha value is -9.38. The molecule has 342 valence electrons. The number of benzene rings is 11. The smallest absolute Gasteiger partial charge is 0.143 e. The second kappa shape index (κ2) is 14.8. The van der Waals surface area contributed by atoms with E-state index in [1.165, 1.54) is 60.3 Å². The zero-order valence-electron chi connectivity index (χ0n) is 40.2. The molecule has 0 aliphatic heterocycles. The third-order valence-electron chi connectivity index (χ3n) is 16.1. The standard InChI is InChI=1S/C69H44N2O2/c1-69(2)58-22-9-6-16-49(58)53-39-56-55-38-44(29-34-62(55)71(63(56)40-59(53)69)45-14-4-3-5-15-45)47-19-13-25-66-67(47)57-37-43(30-35-65(57)72-66)42-28-33-61-54(36-42)50-17-7-10-23-60(50)70(61)46-31-26-41(27-32-46)48-20-12-21-52-51-18-8-11-24-64(51)73-68(48)52/h3-40H,1-2H3. The molecule has 1 aliphatic rings. The molecule has 16 rings (SSSR count). The SMILES string of the molecule is CC1(C)c2ccccc2-c2cc3c4cc(-c5cccc6oc7ccc(-c8ccc9c(c8)c8ccccc8n9-c8ccc(-c9cccc%10c9oc9ccccc9%10)cc8)cc7c56)ccc4n(-c4ccccc4)c3cc21. The van der Waals surface area contributed by atoms with Gasteiger partial charge >= 0.3 is 0 Å². The number of rotatable bonds is 5. The summed E-state index contributed by atoms with van der Waals surface area (Å²) < 4.78 is 17.9. The number of para-hydroxylation sites is 4. The summed E-state index contributed by atoms with van der Waals surface area (Å²) in [6.07, 6.45) is 0. The molecule has 73 heavy (non-hydrogen) atoms. The largest absolute Gasteiger partial charge is 0.456 e. The van der Waals surface area contributed by atoms with Crippen molar-refractivity contribution in [2.24, 2.45) is 0 Å². The summed E-state index contributed by atoms with van der Waals surface area (Å²) in [7, 11) is 0. The van der Waals surface area contributed by atoms with Gasteiger partial charge in [-0.15, -0.1) is 0 Å². The summed E-state index contributed by atoms with van der Waals surface area (Å²) in [4.78, 5) is 0. The van der Waals surface area contributed by atoms with Gasteiger partial charge in [-0.05, 0) is 141 Å². The maximum Gasteiger partial charge on any atom is 0.143 e. The monoisotopic (exact) mass is 932 g/mol. The Morgan fingerprint density at radius 3 is 1.73 bits per heavy atom. The van der Waals surface area contributed by atoms with E-state index in [-0.39, 0.29) is 5.41 Å². The fraction of sp³-hybridized carbons (Fsp3) is 0.0435. The summed E-state index contributed by atoms with van der Waals surface area (Å²) in [6.45, 7) is 4.73. The molecule has 0 fully saturated rings. The van der Waals surface area contributed by atoms with Crippen molar-refractivity contribution in [3.63, 3.8) is 0 Å². The van der Waals surface area contributed by atoms with Crippen molar-refractivity contribution in [1.82, 2.24) is 9.13 Å². The first-order chi connectivity index (χ1) is 35.9. The van der Waals surface area contributed by atoms with Gasteiger partial charge in [-0.1, -0.05) is 153 Å². The predicted molar refractivity (Wildman–Crippen MR) is 304 cm³/mol. The molecule has 0 unspecified atom stereocenters. The highest BCUT2D eigenvalue weighted by molar-refractivity contribution is 6.17. The van der Waals surface area contributed by atoms with E-state index >= 15 is 0 Å². The van der Waals surface area contributed by atoms with E-state index in [4.69, 9.17) is 8.83 Å². The van der Waals surface area contributed by atoms with Crippen LogP contribution in [-0.4, -0.2) is 9.13 Å². The first-order valence-electron chi connectivity index (χ1n) is 25.2. The molecule has 0 saturated carbocycles. The van der Waals surface area contributed by atoms with Gasteiger partial charge in [0.15, 0.2) is 0 Å². The van der Waals surface area contributed by atoms with Crippen LogP contribution in [0.4, 0.5) is 0 Å². The van der Waals surface area contributed by atoms with Crippen LogP contribution >= 0.6 is 0 Å². The summed E-state index contributed by atoms with van der Waals surface area (Å²) >= 11 is 0. The van der Waals surface area contributed by atoms with Crippen LogP contribution in [0.1, 0.15) is 25.0 Å². The maximum atomic E-state index is 6.67. The third kappa shape index (κ3) is 5.72. The first kappa shape index (κ1) is 40.4. The highest BCUT2D eigenvalue weighted by atomic mass is 16.3. The van der Waals surface area contributed by atoms with Crippen LogP contribution in [0.5, 0.6) is 0 Å². The quantitative estimate of drug-likeness (QED) is 0.172. The first-order valence-corrected chi connectivity index (χ1v) is 25.2. The van der Waals surface area contributed by atoms with Crippen LogP contribution in [-0.2, 0) is 5.41 Å². The minimum absolute atomic E-state index is 0.104. The number of aromatic nitrogens is 2. The van der Waals surface area contributed by atoms with Gasteiger partial charge in [-0.25, -0.2) is 0 Å². The molecule has 1 aliphatic carbocycles. The zero-order valence-corrected chi connectivity index (χ0v) is 40.2. The molecule has 11 aromatic carbocycles. The fourth-order valence-electron chi connectivity index (χ4n) is 12.7. The van der Waals surface area contributed by atoms with Crippen molar-refractivity contribution in [2.45, 2.75) is 19.3 Å². The van der Waals surface area contributed by atoms with Crippen LogP contribution in [0, 0.1) is 0 Å². The van der Waals surface area contributed by atoms with Crippen LogP contribution < -0.4 is 0 Å². The van der Waals surface area contributed by atoms with Crippen molar-refractivity contribution < 1.29 is 8.83 Å². The molecule has 0 amide bonds. The molecule has 4 heteroatoms. The minimum atomic E-state index is -0.104. The third-order valence-corrected chi connectivity index (χ3v) is 16.1. The minimum Gasteiger partial charge on any atom is -0.456 e. The number of furan rings is 2. The molecule has 0 N–H and O–H groups in total. The zero-order chi connectivity index (χ0) is 48.1. The molecule has 0 spiro atoms. The predicted octanol–water partition coefficient (Wildman–Crippen LogP) is 19.0. The van der Waals surface area contributed by atoms with E-state index in [0.29, 0.717) is 0 Å². The van der Waals surface area contributed by atoms with Crippen molar-refractivity contribution >= 4 is 87.5 Å². The van der Waals surface area contributed by atoms with Gasteiger partial charge < -0.3 is 18.0 Å². The van der Waals surface area contributed by atoms with Gasteiger partial charge in [0.05, 0.1) is 22.1 Å². The van der Waals surface area contributed by atoms with Crippen LogP contribution in [0.3, 0.4) is 0 Å². The Bertz CT molecular complexity index is 4810. The summed E-state index contributed by atoms with van der Waals surface area (Å²) in [5.74, 6) is 0. The number of fused-ring (bicyclic) bond motifs is 15. The molecule has 15 aromatic rings. The van der Waals surface area contributed by atoms with Gasteiger partial charge in [-0.2, -0.15) is 0 Å². The molecule has 4 nitrogen and oxygen atoms in total. The number of hydrogen-bond acceptors (Lipinski definition) is 2. The van der Waals surface area contributed by atoms with Gasteiger partial charge in [0.25, 0.3) is 0 Å². The van der Waals surface area contributed by atoms with Crippen molar-refractivity contribution in [3.8, 4) is 55.9 Å². The molecule has 4 heterocycles. The average molecular weight is 933 g/mol. The Morgan fingerprint density at radius 1 is 0.301 bits per heavy atom. The van der Waals surface area contributed by atoms with E-state index in [0.717, 1.165) is 94.1 Å². The topological polar surface area (TPSA) is 36.1 Å². The Labute approximate surface area is 420 Å². The van der Waals surface area contributed by atoms with E-state index in [9.17, 15) is 0 Å². The van der Waals surface area contributed by atoms with E-state index in [1.807, 2.05) is 12.1 Å². The fourth-order valence-corrected chi connectivity index (χ4v) is 12.7. The summed E-state index contributed by atoms with van der Waals surface area (Å²) in [6, 6.07) is 84.1. The lowest BCUT2D eigenvalue weighted by Gasteiger charge is -2.21. The number of nitrogens with zero attached hydrogens (tertiary/aromatic N) is 2. The normalized spacial score (nSPS) is 13.2. The second-order valence-electron chi connectivity index (χ2n) is 20.4. The van der Waals surface area contributed by atoms with Crippen molar-refractivity contribution in [2.75, 3.05) is 0 Å². The average Bonchev–Trinajstić information content (AvgIpc) is 4.23. The van der Waals surface area contributed by atoms with E-state index < -0.39 is 0 Å². The lowest BCUT2D eigenvalue weighted by Crippen LogP contribution is -2.14. The summed E-state index contributed by atoms with van der Waals surface area (Å²) in [5, 5.41) is 9.42. The Kier molecular flexibility index (Phi) is 8.20. The molecule has 4 aromatic heterocycles. The van der Waals surface area contributed by atoms with E-state index in [2.05, 4.69) is 241 Å². The Balaban J connectivity index is 0.817.